The van der Waals surface area contributed by atoms with Gasteiger partial charge in [-0.1, -0.05) is 23.7 Å². The largest absolute Gasteiger partial charge is 0.326 e. The second-order valence-electron chi connectivity index (χ2n) is 8.02. The van der Waals surface area contributed by atoms with Crippen LogP contribution in [-0.2, 0) is 30.6 Å². The number of sulfonamides is 2. The quantitative estimate of drug-likeness (QED) is 0.436. The molecule has 4 rings (SSSR count). The molecule has 0 saturated carbocycles. The number of carbonyl (C=O) groups excluding carboxylic acids is 1. The van der Waals surface area contributed by atoms with E-state index in [1.54, 1.807) is 29.6 Å². The summed E-state index contributed by atoms with van der Waals surface area (Å²) in [6.45, 7) is 0.501. The van der Waals surface area contributed by atoms with Gasteiger partial charge >= 0.3 is 0 Å². The number of benzene rings is 2. The van der Waals surface area contributed by atoms with Crippen LogP contribution in [0.3, 0.4) is 0 Å². The molecular formula is C22H23ClN4O5S3. The number of nitrogens with zero attached hydrogens (tertiary/aromatic N) is 2. The first-order chi connectivity index (χ1) is 16.6. The van der Waals surface area contributed by atoms with Gasteiger partial charge in [-0.15, -0.1) is 11.3 Å². The Bertz CT molecular complexity index is 1390. The molecule has 0 atom stereocenters. The molecule has 1 aromatic heterocycles. The van der Waals surface area contributed by atoms with Crippen LogP contribution in [0.5, 0.6) is 0 Å². The molecule has 1 aliphatic rings. The van der Waals surface area contributed by atoms with Crippen LogP contribution in [0.1, 0.15) is 18.4 Å². The fourth-order valence-corrected chi connectivity index (χ4v) is 7.29. The minimum atomic E-state index is -3.78. The predicted molar refractivity (Wildman–Crippen MR) is 136 cm³/mol. The maximum atomic E-state index is 12.8. The molecule has 9 nitrogen and oxygen atoms in total. The smallest absolute Gasteiger partial charge is 0.263 e. The van der Waals surface area contributed by atoms with Crippen molar-refractivity contribution >= 4 is 59.7 Å². The molecule has 35 heavy (non-hydrogen) atoms. The Balaban J connectivity index is 1.31. The lowest BCUT2D eigenvalue weighted by molar-refractivity contribution is -0.120. The number of anilines is 2. The van der Waals surface area contributed by atoms with Gasteiger partial charge in [-0.25, -0.2) is 26.1 Å². The Hall–Kier alpha value is -2.51. The molecule has 2 aromatic carbocycles. The topological polar surface area (TPSA) is 126 Å². The van der Waals surface area contributed by atoms with E-state index in [1.807, 2.05) is 0 Å². The SMILES string of the molecule is O=C(Nc1ccc(S(=O)(=O)Nc2nccs2)cc1)C1CCN(S(=O)(=O)Cc2cccc(Cl)c2)CC1. The van der Waals surface area contributed by atoms with E-state index in [2.05, 4.69) is 15.0 Å². The van der Waals surface area contributed by atoms with Crippen molar-refractivity contribution in [3.63, 3.8) is 0 Å². The van der Waals surface area contributed by atoms with Gasteiger partial charge in [0.2, 0.25) is 15.9 Å². The highest BCUT2D eigenvalue weighted by atomic mass is 35.5. The summed E-state index contributed by atoms with van der Waals surface area (Å²) < 4.78 is 54.2. The molecule has 1 aliphatic heterocycles. The molecule has 0 aliphatic carbocycles. The number of rotatable bonds is 8. The number of thiazole rings is 1. The standard InChI is InChI=1S/C22H23ClN4O5S3/c23-18-3-1-2-16(14-18)15-34(29,30)27-11-8-17(9-12-27)21(28)25-19-4-6-20(7-5-19)35(31,32)26-22-24-10-13-33-22/h1-7,10,13-14,17H,8-9,11-12,15H2,(H,24,26)(H,25,28). The van der Waals surface area contributed by atoms with Crippen molar-refractivity contribution in [2.45, 2.75) is 23.5 Å². The average Bonchev–Trinajstić information content (AvgIpc) is 3.31. The molecule has 1 fully saturated rings. The van der Waals surface area contributed by atoms with Crippen LogP contribution >= 0.6 is 22.9 Å². The van der Waals surface area contributed by atoms with E-state index in [9.17, 15) is 21.6 Å². The highest BCUT2D eigenvalue weighted by molar-refractivity contribution is 7.93. The fraction of sp³-hybridized carbons (Fsp3) is 0.273. The molecule has 3 aromatic rings. The zero-order valence-corrected chi connectivity index (χ0v) is 21.6. The summed E-state index contributed by atoms with van der Waals surface area (Å²) in [4.78, 5) is 16.7. The number of carbonyl (C=O) groups is 1. The van der Waals surface area contributed by atoms with Crippen molar-refractivity contribution in [3.05, 3.63) is 70.7 Å². The van der Waals surface area contributed by atoms with Crippen molar-refractivity contribution in [1.82, 2.24) is 9.29 Å². The zero-order valence-electron chi connectivity index (χ0n) is 18.4. The number of aromatic nitrogens is 1. The van der Waals surface area contributed by atoms with Crippen LogP contribution in [-0.4, -0.2) is 45.1 Å². The molecule has 0 unspecified atom stereocenters. The van der Waals surface area contributed by atoms with Crippen LogP contribution < -0.4 is 10.0 Å². The highest BCUT2D eigenvalue weighted by Gasteiger charge is 2.31. The van der Waals surface area contributed by atoms with Gasteiger partial charge in [-0.3, -0.25) is 9.52 Å². The van der Waals surface area contributed by atoms with E-state index in [0.717, 1.165) is 0 Å². The molecule has 13 heteroatoms. The van der Waals surface area contributed by atoms with Crippen molar-refractivity contribution in [2.24, 2.45) is 5.92 Å². The van der Waals surface area contributed by atoms with Gasteiger partial charge in [0.05, 0.1) is 10.6 Å². The minimum Gasteiger partial charge on any atom is -0.326 e. The van der Waals surface area contributed by atoms with E-state index >= 15 is 0 Å². The van der Waals surface area contributed by atoms with Crippen molar-refractivity contribution in [2.75, 3.05) is 23.1 Å². The normalized spacial score (nSPS) is 15.6. The molecule has 0 spiro atoms. The number of hydrogen-bond donors (Lipinski definition) is 2. The van der Waals surface area contributed by atoms with Gasteiger partial charge in [0.25, 0.3) is 10.0 Å². The van der Waals surface area contributed by atoms with Crippen LogP contribution in [0.25, 0.3) is 0 Å². The van der Waals surface area contributed by atoms with Crippen molar-refractivity contribution in [1.29, 1.82) is 0 Å². The summed E-state index contributed by atoms with van der Waals surface area (Å²) in [6.07, 6.45) is 2.29. The molecule has 0 bridgehead atoms. The van der Waals surface area contributed by atoms with Crippen molar-refractivity contribution in [3.8, 4) is 0 Å². The van der Waals surface area contributed by atoms with E-state index in [-0.39, 0.29) is 40.7 Å². The maximum Gasteiger partial charge on any atom is 0.263 e. The first kappa shape index (κ1) is 25.6. The third-order valence-corrected chi connectivity index (χ3v) is 9.80. The highest BCUT2D eigenvalue weighted by Crippen LogP contribution is 2.25. The summed E-state index contributed by atoms with van der Waals surface area (Å²) in [5.74, 6) is -0.715. The van der Waals surface area contributed by atoms with E-state index in [1.165, 1.54) is 46.1 Å². The average molecular weight is 555 g/mol. The van der Waals surface area contributed by atoms with E-state index < -0.39 is 20.0 Å². The number of amides is 1. The minimum absolute atomic E-state index is 0.0453. The molecule has 186 valence electrons. The fourth-order valence-electron chi connectivity index (χ4n) is 3.73. The van der Waals surface area contributed by atoms with Gasteiger partial charge in [0.1, 0.15) is 0 Å². The molecule has 1 amide bonds. The Labute approximate surface area is 213 Å². The monoisotopic (exact) mass is 554 g/mol. The third kappa shape index (κ3) is 6.58. The molecule has 2 N–H and O–H groups in total. The lowest BCUT2D eigenvalue weighted by Crippen LogP contribution is -2.41. The first-order valence-corrected chi connectivity index (χ1v) is 15.0. The van der Waals surface area contributed by atoms with Gasteiger partial charge in [-0.2, -0.15) is 0 Å². The molecule has 2 heterocycles. The van der Waals surface area contributed by atoms with Gasteiger partial charge in [0, 0.05) is 41.3 Å². The number of hydrogen-bond acceptors (Lipinski definition) is 7. The number of halogens is 1. The second-order valence-corrected chi connectivity index (χ2v) is 13.0. The lowest BCUT2D eigenvalue weighted by Gasteiger charge is -2.30. The Morgan fingerprint density at radius 2 is 1.80 bits per heavy atom. The third-order valence-electron chi connectivity index (χ3n) is 5.54. The predicted octanol–water partition coefficient (Wildman–Crippen LogP) is 3.78. The Kier molecular flexibility index (Phi) is 7.77. The molecule has 0 radical (unpaired) electrons. The van der Waals surface area contributed by atoms with Crippen LogP contribution in [0.2, 0.25) is 5.02 Å². The zero-order chi connectivity index (χ0) is 25.1. The van der Waals surface area contributed by atoms with E-state index in [0.29, 0.717) is 29.1 Å². The summed E-state index contributed by atoms with van der Waals surface area (Å²) in [7, 11) is -7.30. The first-order valence-electron chi connectivity index (χ1n) is 10.7. The van der Waals surface area contributed by atoms with Gasteiger partial charge in [0.15, 0.2) is 5.13 Å². The molecular weight excluding hydrogens is 532 g/mol. The molecule has 1 saturated heterocycles. The van der Waals surface area contributed by atoms with Crippen LogP contribution in [0, 0.1) is 5.92 Å². The number of nitrogens with one attached hydrogen (secondary N) is 2. The van der Waals surface area contributed by atoms with Gasteiger partial charge < -0.3 is 5.32 Å². The summed E-state index contributed by atoms with van der Waals surface area (Å²) in [5.41, 5.74) is 1.07. The number of piperidine rings is 1. The summed E-state index contributed by atoms with van der Waals surface area (Å²) in [5, 5.41) is 5.20. The summed E-state index contributed by atoms with van der Waals surface area (Å²) >= 11 is 7.12. The second kappa shape index (κ2) is 10.6. The van der Waals surface area contributed by atoms with Gasteiger partial charge in [-0.05, 0) is 54.8 Å². The lowest BCUT2D eigenvalue weighted by atomic mass is 9.97. The van der Waals surface area contributed by atoms with Crippen LogP contribution in [0.4, 0.5) is 10.8 Å². The Morgan fingerprint density at radius 1 is 1.09 bits per heavy atom. The van der Waals surface area contributed by atoms with Crippen LogP contribution in [0.15, 0.2) is 65.0 Å². The maximum absolute atomic E-state index is 12.8. The summed E-state index contributed by atoms with van der Waals surface area (Å²) in [6, 6.07) is 12.6. The Morgan fingerprint density at radius 3 is 2.43 bits per heavy atom. The van der Waals surface area contributed by atoms with E-state index in [4.69, 9.17) is 11.6 Å². The van der Waals surface area contributed by atoms with Crippen molar-refractivity contribution < 1.29 is 21.6 Å².